The van der Waals surface area contributed by atoms with Crippen molar-refractivity contribution >= 4 is 17.0 Å². The van der Waals surface area contributed by atoms with E-state index in [1.54, 1.807) is 6.08 Å². The van der Waals surface area contributed by atoms with Crippen molar-refractivity contribution in [3.8, 4) is 0 Å². The number of aromatic amines is 1. The maximum atomic E-state index is 10.7. The molecule has 2 aromatic rings. The molecular formula is C15H16N2O2. The van der Waals surface area contributed by atoms with Gasteiger partial charge in [0.05, 0.1) is 4.92 Å². The van der Waals surface area contributed by atoms with Crippen LogP contribution in [0.2, 0.25) is 0 Å². The predicted molar refractivity (Wildman–Crippen MR) is 75.6 cm³/mol. The molecule has 1 heterocycles. The van der Waals surface area contributed by atoms with Gasteiger partial charge in [0.25, 0.3) is 0 Å². The molecule has 1 aromatic carbocycles. The fraction of sp³-hybridized carbons (Fsp3) is 0.333. The molecule has 0 unspecified atom stereocenters. The van der Waals surface area contributed by atoms with E-state index in [0.29, 0.717) is 0 Å². The van der Waals surface area contributed by atoms with Crippen LogP contribution in [0.4, 0.5) is 0 Å². The van der Waals surface area contributed by atoms with Gasteiger partial charge in [0.15, 0.2) is 0 Å². The Balaban J connectivity index is 2.15. The van der Waals surface area contributed by atoms with Crippen LogP contribution < -0.4 is 0 Å². The average Bonchev–Trinajstić information content (AvgIpc) is 2.82. The first kappa shape index (κ1) is 12.0. The summed E-state index contributed by atoms with van der Waals surface area (Å²) in [6, 6.07) is 4.25. The number of fused-ring (bicyclic) bond motifs is 3. The number of benzene rings is 1. The molecule has 3 rings (SSSR count). The van der Waals surface area contributed by atoms with E-state index >= 15 is 0 Å². The average molecular weight is 256 g/mol. The largest absolute Gasteiger partial charge is 0.360 e. The van der Waals surface area contributed by atoms with Crippen molar-refractivity contribution < 1.29 is 4.92 Å². The van der Waals surface area contributed by atoms with Crippen LogP contribution in [0.3, 0.4) is 0 Å². The smallest absolute Gasteiger partial charge is 0.243 e. The zero-order valence-corrected chi connectivity index (χ0v) is 10.9. The molecule has 1 aromatic heterocycles. The third kappa shape index (κ3) is 2.03. The molecule has 0 atom stereocenters. The number of H-pyrrole nitrogens is 1. The Labute approximate surface area is 111 Å². The highest BCUT2D eigenvalue weighted by Gasteiger charge is 2.15. The van der Waals surface area contributed by atoms with Crippen molar-refractivity contribution in [3.63, 3.8) is 0 Å². The van der Waals surface area contributed by atoms with E-state index < -0.39 is 0 Å². The Morgan fingerprint density at radius 2 is 2.16 bits per heavy atom. The summed E-state index contributed by atoms with van der Waals surface area (Å²) >= 11 is 0. The first-order valence-corrected chi connectivity index (χ1v) is 6.61. The Morgan fingerprint density at radius 3 is 2.95 bits per heavy atom. The molecule has 0 saturated heterocycles. The molecule has 98 valence electrons. The number of aryl methyl sites for hydroxylation is 2. The summed E-state index contributed by atoms with van der Waals surface area (Å²) in [6.07, 6.45) is 8.23. The minimum absolute atomic E-state index is 0.165. The van der Waals surface area contributed by atoms with Crippen LogP contribution in [0.5, 0.6) is 0 Å². The monoisotopic (exact) mass is 256 g/mol. The molecule has 0 amide bonds. The van der Waals surface area contributed by atoms with Gasteiger partial charge in [-0.2, -0.15) is 0 Å². The van der Waals surface area contributed by atoms with Gasteiger partial charge in [-0.05, 0) is 36.8 Å². The lowest BCUT2D eigenvalue weighted by Gasteiger charge is -2.16. The van der Waals surface area contributed by atoms with E-state index in [1.807, 2.05) is 6.20 Å². The van der Waals surface area contributed by atoms with Crippen LogP contribution in [0.15, 0.2) is 24.0 Å². The van der Waals surface area contributed by atoms with Crippen LogP contribution in [-0.4, -0.2) is 9.91 Å². The Morgan fingerprint density at radius 1 is 1.37 bits per heavy atom. The molecule has 1 N–H and O–H groups in total. The van der Waals surface area contributed by atoms with Crippen molar-refractivity contribution in [3.05, 3.63) is 50.8 Å². The molecular weight excluding hydrogens is 240 g/mol. The van der Waals surface area contributed by atoms with Crippen LogP contribution in [0.25, 0.3) is 17.0 Å². The van der Waals surface area contributed by atoms with Gasteiger partial charge < -0.3 is 4.98 Å². The van der Waals surface area contributed by atoms with Gasteiger partial charge in [-0.3, -0.25) is 10.1 Å². The van der Waals surface area contributed by atoms with Crippen LogP contribution in [0, 0.1) is 10.1 Å². The lowest BCUT2D eigenvalue weighted by molar-refractivity contribution is -0.422. The van der Waals surface area contributed by atoms with E-state index in [1.165, 1.54) is 30.9 Å². The molecule has 0 spiro atoms. The first-order valence-electron chi connectivity index (χ1n) is 6.61. The molecule has 0 radical (unpaired) electrons. The van der Waals surface area contributed by atoms with Crippen molar-refractivity contribution in [2.75, 3.05) is 0 Å². The molecule has 0 fully saturated rings. The summed E-state index contributed by atoms with van der Waals surface area (Å²) in [5.41, 5.74) is 5.03. The van der Waals surface area contributed by atoms with Gasteiger partial charge >= 0.3 is 0 Å². The van der Waals surface area contributed by atoms with Gasteiger partial charge in [-0.1, -0.05) is 12.1 Å². The van der Waals surface area contributed by atoms with Gasteiger partial charge in [0.1, 0.15) is 0 Å². The molecule has 0 aliphatic heterocycles. The van der Waals surface area contributed by atoms with E-state index in [9.17, 15) is 10.1 Å². The second-order valence-electron chi connectivity index (χ2n) is 5.12. The van der Waals surface area contributed by atoms with Crippen LogP contribution in [0.1, 0.15) is 36.5 Å². The minimum atomic E-state index is -0.350. The Bertz CT molecular complexity index is 683. The second-order valence-corrected chi connectivity index (χ2v) is 5.12. The summed E-state index contributed by atoms with van der Waals surface area (Å²) < 4.78 is 0. The van der Waals surface area contributed by atoms with Gasteiger partial charge in [-0.25, -0.2) is 0 Å². The molecule has 1 aliphatic rings. The number of hydrogen-bond acceptors (Lipinski definition) is 2. The molecule has 4 heteroatoms. The Hall–Kier alpha value is -2.10. The van der Waals surface area contributed by atoms with Crippen molar-refractivity contribution in [2.45, 2.75) is 32.6 Å². The fourth-order valence-electron chi connectivity index (χ4n) is 2.86. The zero-order valence-electron chi connectivity index (χ0n) is 10.9. The Kier molecular flexibility index (Phi) is 2.85. The number of rotatable bonds is 2. The normalized spacial score (nSPS) is 15.5. The number of hydrogen-bond donors (Lipinski definition) is 1. The summed E-state index contributed by atoms with van der Waals surface area (Å²) in [6.45, 7) is 1.53. The van der Waals surface area contributed by atoms with E-state index in [0.717, 1.165) is 29.3 Å². The van der Waals surface area contributed by atoms with Crippen LogP contribution in [-0.2, 0) is 12.8 Å². The summed E-state index contributed by atoms with van der Waals surface area (Å²) in [4.78, 5) is 13.7. The third-order valence-corrected chi connectivity index (χ3v) is 3.87. The van der Waals surface area contributed by atoms with E-state index in [4.69, 9.17) is 0 Å². The zero-order chi connectivity index (χ0) is 13.4. The minimum Gasteiger partial charge on any atom is -0.360 e. The fourth-order valence-corrected chi connectivity index (χ4v) is 2.86. The number of aromatic nitrogens is 1. The third-order valence-electron chi connectivity index (χ3n) is 3.87. The maximum Gasteiger partial charge on any atom is 0.243 e. The maximum absolute atomic E-state index is 10.7. The van der Waals surface area contributed by atoms with Crippen molar-refractivity contribution in [1.29, 1.82) is 0 Å². The number of nitro groups is 1. The van der Waals surface area contributed by atoms with Gasteiger partial charge in [0.2, 0.25) is 5.70 Å². The number of nitrogens with zero attached hydrogens (tertiary/aromatic N) is 1. The molecule has 19 heavy (non-hydrogen) atoms. The lowest BCUT2D eigenvalue weighted by Crippen LogP contribution is -2.02. The van der Waals surface area contributed by atoms with E-state index in [2.05, 4.69) is 17.1 Å². The van der Waals surface area contributed by atoms with Gasteiger partial charge in [0, 0.05) is 35.7 Å². The second kappa shape index (κ2) is 4.53. The lowest BCUT2D eigenvalue weighted by atomic mass is 9.90. The SMILES string of the molecule is C/C(=C\c1c[nH]c2c3c(ccc12)CCCC3)[N+](=O)[O-]. The molecule has 1 aliphatic carbocycles. The highest BCUT2D eigenvalue weighted by molar-refractivity contribution is 5.92. The van der Waals surface area contributed by atoms with Crippen LogP contribution >= 0.6 is 0 Å². The molecule has 0 saturated carbocycles. The standard InChI is InChI=1S/C15H16N2O2/c1-10(17(18)19)8-12-9-16-15-13-5-3-2-4-11(13)6-7-14(12)15/h6-9,16H,2-5H2,1H3/b10-8+. The summed E-state index contributed by atoms with van der Waals surface area (Å²) in [5, 5.41) is 11.8. The predicted octanol–water partition coefficient (Wildman–Crippen LogP) is 3.68. The first-order chi connectivity index (χ1) is 9.16. The summed E-state index contributed by atoms with van der Waals surface area (Å²) in [7, 11) is 0. The number of nitrogens with one attached hydrogen (secondary N) is 1. The van der Waals surface area contributed by atoms with Gasteiger partial charge in [-0.15, -0.1) is 0 Å². The highest BCUT2D eigenvalue weighted by Crippen LogP contribution is 2.30. The molecule has 4 nitrogen and oxygen atoms in total. The summed E-state index contributed by atoms with van der Waals surface area (Å²) in [5.74, 6) is 0. The van der Waals surface area contributed by atoms with Crippen molar-refractivity contribution in [2.24, 2.45) is 0 Å². The number of allylic oxidation sites excluding steroid dienone is 1. The van der Waals surface area contributed by atoms with E-state index in [-0.39, 0.29) is 10.6 Å². The topological polar surface area (TPSA) is 58.9 Å². The molecule has 0 bridgehead atoms. The highest BCUT2D eigenvalue weighted by atomic mass is 16.6. The van der Waals surface area contributed by atoms with Crippen molar-refractivity contribution in [1.82, 2.24) is 4.98 Å². The quantitative estimate of drug-likeness (QED) is 0.658.